The Morgan fingerprint density at radius 3 is 2.34 bits per heavy atom. The van der Waals surface area contributed by atoms with Gasteiger partial charge in [0, 0.05) is 25.8 Å². The Morgan fingerprint density at radius 1 is 1.03 bits per heavy atom. The average molecular weight is 515 g/mol. The molecule has 1 heterocycles. The highest BCUT2D eigenvalue weighted by atomic mass is 127. The smallest absolute Gasteiger partial charge is 0.191 e. The molecule has 5 nitrogen and oxygen atoms in total. The topological polar surface area (TPSA) is 54.9 Å². The summed E-state index contributed by atoms with van der Waals surface area (Å²) in [5.41, 5.74) is 2.45. The number of hydrogen-bond acceptors (Lipinski definition) is 3. The molecule has 1 aromatic carbocycles. The van der Waals surface area contributed by atoms with Crippen LogP contribution in [0.1, 0.15) is 63.5 Å². The molecule has 6 heteroatoms. The van der Waals surface area contributed by atoms with E-state index < -0.39 is 0 Å². The Balaban J connectivity index is 0.00000300. The maximum Gasteiger partial charge on any atom is 0.191 e. The van der Waals surface area contributed by atoms with Gasteiger partial charge >= 0.3 is 0 Å². The maximum absolute atomic E-state index is 6.00. The number of nitrogens with zero attached hydrogens (tertiary/aromatic N) is 1. The molecule has 3 rings (SSSR count). The molecule has 0 atom stereocenters. The van der Waals surface area contributed by atoms with Gasteiger partial charge in [-0.05, 0) is 62.5 Å². The minimum Gasteiger partial charge on any atom is -0.381 e. The summed E-state index contributed by atoms with van der Waals surface area (Å²) in [6.07, 6.45) is 7.47. The fourth-order valence-electron chi connectivity index (χ4n) is 3.89. The second kappa shape index (κ2) is 13.4. The summed E-state index contributed by atoms with van der Waals surface area (Å²) in [7, 11) is 0. The first-order chi connectivity index (χ1) is 13.7. The van der Waals surface area contributed by atoms with Crippen molar-refractivity contribution in [3.8, 4) is 0 Å². The minimum absolute atomic E-state index is 0. The van der Waals surface area contributed by atoms with Crippen LogP contribution >= 0.6 is 24.0 Å². The van der Waals surface area contributed by atoms with Gasteiger partial charge in [0.1, 0.15) is 0 Å². The summed E-state index contributed by atoms with van der Waals surface area (Å²) in [5.74, 6) is 1.81. The third kappa shape index (κ3) is 8.80. The lowest BCUT2D eigenvalue weighted by Crippen LogP contribution is -2.44. The third-order valence-electron chi connectivity index (χ3n) is 5.80. The maximum atomic E-state index is 6.00. The van der Waals surface area contributed by atoms with Gasteiger partial charge in [0.2, 0.25) is 0 Å². The molecule has 2 N–H and O–H groups in total. The normalized spacial score (nSPS) is 23.3. The second-order valence-electron chi connectivity index (χ2n) is 8.24. The molecule has 2 aliphatic rings. The van der Waals surface area contributed by atoms with E-state index in [1.54, 1.807) is 0 Å². The molecular weight excluding hydrogens is 477 g/mol. The molecule has 1 aromatic rings. The van der Waals surface area contributed by atoms with Crippen molar-refractivity contribution in [3.63, 3.8) is 0 Å². The summed E-state index contributed by atoms with van der Waals surface area (Å²) < 4.78 is 11.4. The van der Waals surface area contributed by atoms with Crippen LogP contribution < -0.4 is 10.6 Å². The summed E-state index contributed by atoms with van der Waals surface area (Å²) in [4.78, 5) is 4.80. The highest BCUT2D eigenvalue weighted by Gasteiger charge is 2.19. The Kier molecular flexibility index (Phi) is 11.3. The van der Waals surface area contributed by atoms with E-state index in [0.29, 0.717) is 25.3 Å². The largest absolute Gasteiger partial charge is 0.381 e. The van der Waals surface area contributed by atoms with E-state index in [0.717, 1.165) is 44.5 Å². The fraction of sp³-hybridized carbons (Fsp3) is 0.696. The molecule has 1 saturated heterocycles. The summed E-state index contributed by atoms with van der Waals surface area (Å²) >= 11 is 0. The number of guanidine groups is 1. The molecule has 29 heavy (non-hydrogen) atoms. The lowest BCUT2D eigenvalue weighted by atomic mass is 9.87. The number of benzene rings is 1. The molecule has 2 fully saturated rings. The first-order valence-electron chi connectivity index (χ1n) is 11.0. The van der Waals surface area contributed by atoms with Crippen LogP contribution in [0.5, 0.6) is 0 Å². The number of halogens is 1. The zero-order valence-electron chi connectivity index (χ0n) is 18.0. The summed E-state index contributed by atoms with van der Waals surface area (Å²) in [6.45, 7) is 8.38. The van der Waals surface area contributed by atoms with E-state index >= 15 is 0 Å². The molecule has 0 unspecified atom stereocenters. The van der Waals surface area contributed by atoms with Gasteiger partial charge < -0.3 is 20.1 Å². The Labute approximate surface area is 193 Å². The SMILES string of the molecule is CCNC(=NCc1ccc(COC2CCOCC2)cc1)NC1CCC(C)CC1.I. The van der Waals surface area contributed by atoms with Crippen LogP contribution in [0.2, 0.25) is 0 Å². The molecule has 0 spiro atoms. The van der Waals surface area contributed by atoms with Crippen LogP contribution in [0, 0.1) is 5.92 Å². The van der Waals surface area contributed by atoms with E-state index in [1.807, 2.05) is 0 Å². The number of aliphatic imine (C=N–C) groups is 1. The predicted octanol–water partition coefficient (Wildman–Crippen LogP) is 4.63. The van der Waals surface area contributed by atoms with Crippen LogP contribution in [0.4, 0.5) is 0 Å². The molecule has 164 valence electrons. The van der Waals surface area contributed by atoms with E-state index in [-0.39, 0.29) is 24.0 Å². The molecule has 1 aliphatic heterocycles. The zero-order valence-corrected chi connectivity index (χ0v) is 20.3. The van der Waals surface area contributed by atoms with Crippen molar-refractivity contribution in [2.24, 2.45) is 10.9 Å². The standard InChI is InChI=1S/C23H37N3O2.HI/c1-3-24-23(26-21-10-4-18(2)5-11-21)25-16-19-6-8-20(9-7-19)17-28-22-12-14-27-15-13-22;/h6-9,18,21-22H,3-5,10-17H2,1-2H3,(H2,24,25,26);1H. The van der Waals surface area contributed by atoms with Gasteiger partial charge in [-0.2, -0.15) is 0 Å². The molecule has 0 amide bonds. The van der Waals surface area contributed by atoms with Gasteiger partial charge in [-0.25, -0.2) is 4.99 Å². The van der Waals surface area contributed by atoms with E-state index in [4.69, 9.17) is 14.5 Å². The minimum atomic E-state index is 0. The number of rotatable bonds is 7. The number of nitrogens with one attached hydrogen (secondary N) is 2. The van der Waals surface area contributed by atoms with Gasteiger partial charge in [0.25, 0.3) is 0 Å². The molecule has 0 radical (unpaired) electrons. The molecule has 0 aromatic heterocycles. The molecule has 1 aliphatic carbocycles. The van der Waals surface area contributed by atoms with E-state index in [1.165, 1.54) is 36.8 Å². The van der Waals surface area contributed by atoms with Crippen molar-refractivity contribution in [3.05, 3.63) is 35.4 Å². The Hall–Kier alpha value is -0.860. The molecule has 1 saturated carbocycles. The van der Waals surface area contributed by atoms with Crippen molar-refractivity contribution in [1.29, 1.82) is 0 Å². The lowest BCUT2D eigenvalue weighted by molar-refractivity contribution is -0.0390. The van der Waals surface area contributed by atoms with Crippen molar-refractivity contribution < 1.29 is 9.47 Å². The van der Waals surface area contributed by atoms with Crippen LogP contribution in [0.3, 0.4) is 0 Å². The number of hydrogen-bond donors (Lipinski definition) is 2. The predicted molar refractivity (Wildman–Crippen MR) is 130 cm³/mol. The van der Waals surface area contributed by atoms with E-state index in [2.05, 4.69) is 48.7 Å². The van der Waals surface area contributed by atoms with Crippen LogP contribution in [-0.4, -0.2) is 37.9 Å². The van der Waals surface area contributed by atoms with E-state index in [9.17, 15) is 0 Å². The van der Waals surface area contributed by atoms with Crippen molar-refractivity contribution in [2.75, 3.05) is 19.8 Å². The zero-order chi connectivity index (χ0) is 19.6. The Bertz CT molecular complexity index is 595. The van der Waals surface area contributed by atoms with Crippen molar-refractivity contribution in [1.82, 2.24) is 10.6 Å². The van der Waals surface area contributed by atoms with Crippen LogP contribution in [0.15, 0.2) is 29.3 Å². The monoisotopic (exact) mass is 515 g/mol. The summed E-state index contributed by atoms with van der Waals surface area (Å²) in [5, 5.41) is 7.01. The van der Waals surface area contributed by atoms with Gasteiger partial charge in [0.05, 0.1) is 19.3 Å². The molecular formula is C23H38IN3O2. The number of ether oxygens (including phenoxy) is 2. The van der Waals surface area contributed by atoms with Gasteiger partial charge in [-0.3, -0.25) is 0 Å². The fourth-order valence-corrected chi connectivity index (χ4v) is 3.89. The van der Waals surface area contributed by atoms with Crippen LogP contribution in [0.25, 0.3) is 0 Å². The highest BCUT2D eigenvalue weighted by molar-refractivity contribution is 14.0. The van der Waals surface area contributed by atoms with Crippen molar-refractivity contribution >= 4 is 29.9 Å². The second-order valence-corrected chi connectivity index (χ2v) is 8.24. The quantitative estimate of drug-likeness (QED) is 0.316. The third-order valence-corrected chi connectivity index (χ3v) is 5.80. The highest BCUT2D eigenvalue weighted by Crippen LogP contribution is 2.23. The molecule has 0 bridgehead atoms. The Morgan fingerprint density at radius 2 is 1.69 bits per heavy atom. The van der Waals surface area contributed by atoms with Gasteiger partial charge in [-0.15, -0.1) is 24.0 Å². The first-order valence-corrected chi connectivity index (χ1v) is 11.0. The summed E-state index contributed by atoms with van der Waals surface area (Å²) in [6, 6.07) is 9.20. The average Bonchev–Trinajstić information content (AvgIpc) is 2.74. The van der Waals surface area contributed by atoms with Crippen LogP contribution in [-0.2, 0) is 22.6 Å². The van der Waals surface area contributed by atoms with Crippen molar-refractivity contribution in [2.45, 2.75) is 77.7 Å². The first kappa shape index (κ1) is 24.4. The van der Waals surface area contributed by atoms with Gasteiger partial charge in [0.15, 0.2) is 5.96 Å². The van der Waals surface area contributed by atoms with Gasteiger partial charge in [-0.1, -0.05) is 31.2 Å². The lowest BCUT2D eigenvalue weighted by Gasteiger charge is -2.28.